The van der Waals surface area contributed by atoms with Gasteiger partial charge in [-0.25, -0.2) is 13.2 Å². The highest BCUT2D eigenvalue weighted by Crippen LogP contribution is 2.19. The zero-order chi connectivity index (χ0) is 27.4. The first-order chi connectivity index (χ1) is 18.1. The molecule has 1 aromatic heterocycles. The van der Waals surface area contributed by atoms with E-state index in [0.717, 1.165) is 16.7 Å². The lowest BCUT2D eigenvalue weighted by atomic mass is 10.0. The number of halogens is 3. The van der Waals surface area contributed by atoms with Gasteiger partial charge in [-0.15, -0.1) is 0 Å². The molecule has 0 aliphatic heterocycles. The highest BCUT2D eigenvalue weighted by molar-refractivity contribution is 6.08. The molecule has 7 nitrogen and oxygen atoms in total. The van der Waals surface area contributed by atoms with Crippen LogP contribution < -0.4 is 10.9 Å². The smallest absolute Gasteiger partial charge is 0.286 e. The molecule has 3 N–H and O–H groups in total. The van der Waals surface area contributed by atoms with E-state index in [1.54, 1.807) is 6.07 Å². The Morgan fingerprint density at radius 3 is 2.37 bits per heavy atom. The number of amides is 1. The Morgan fingerprint density at radius 1 is 1.03 bits per heavy atom. The largest absolute Gasteiger partial charge is 0.503 e. The number of aliphatic hydroxyl groups is 2. The molecule has 2 atom stereocenters. The molecule has 1 heterocycles. The number of nitrogens with one attached hydrogen (secondary N) is 1. The van der Waals surface area contributed by atoms with Crippen LogP contribution in [0.1, 0.15) is 46.3 Å². The predicted octanol–water partition coefficient (Wildman–Crippen LogP) is 3.56. The first kappa shape index (κ1) is 26.9. The van der Waals surface area contributed by atoms with Gasteiger partial charge in [-0.2, -0.15) is 0 Å². The van der Waals surface area contributed by atoms with Gasteiger partial charge in [0, 0.05) is 24.3 Å². The molecule has 10 heteroatoms. The molecular weight excluding hydrogens is 501 g/mol. The highest BCUT2D eigenvalue weighted by Gasteiger charge is 2.28. The molecule has 0 spiro atoms. The second kappa shape index (κ2) is 11.5. The SMILES string of the molecule is O=C(N[C@H]1CCC[C@@H]1O)C(O)=CC(=O)c1cc(Cc2ccccc2F)cn(Cc2c(F)cccc2F)c1=O. The molecule has 1 aliphatic carbocycles. The number of pyridine rings is 1. The fourth-order valence-corrected chi connectivity index (χ4v) is 4.42. The van der Waals surface area contributed by atoms with E-state index < -0.39 is 70.3 Å². The normalized spacial score (nSPS) is 17.4. The van der Waals surface area contributed by atoms with Crippen LogP contribution in [0.4, 0.5) is 13.2 Å². The quantitative estimate of drug-likeness (QED) is 0.236. The minimum absolute atomic E-state index is 0.0528. The van der Waals surface area contributed by atoms with Gasteiger partial charge < -0.3 is 20.1 Å². The number of aromatic nitrogens is 1. The van der Waals surface area contributed by atoms with Crippen molar-refractivity contribution in [1.29, 1.82) is 0 Å². The summed E-state index contributed by atoms with van der Waals surface area (Å²) in [7, 11) is 0. The molecule has 1 fully saturated rings. The van der Waals surface area contributed by atoms with Crippen molar-refractivity contribution in [3.05, 3.63) is 117 Å². The van der Waals surface area contributed by atoms with Crippen LogP contribution in [0, 0.1) is 17.5 Å². The number of carbonyl (C=O) groups excluding carboxylic acids is 2. The molecule has 38 heavy (non-hydrogen) atoms. The summed E-state index contributed by atoms with van der Waals surface area (Å²) in [6.45, 7) is -0.557. The van der Waals surface area contributed by atoms with Crippen molar-refractivity contribution in [3.8, 4) is 0 Å². The Balaban J connectivity index is 1.70. The summed E-state index contributed by atoms with van der Waals surface area (Å²) in [6, 6.07) is 9.69. The zero-order valence-electron chi connectivity index (χ0n) is 20.2. The third-order valence-electron chi connectivity index (χ3n) is 6.45. The Morgan fingerprint density at radius 2 is 1.71 bits per heavy atom. The van der Waals surface area contributed by atoms with E-state index in [-0.39, 0.29) is 17.5 Å². The van der Waals surface area contributed by atoms with Gasteiger partial charge in [-0.05, 0) is 54.7 Å². The van der Waals surface area contributed by atoms with E-state index in [0.29, 0.717) is 25.3 Å². The molecule has 0 radical (unpaired) electrons. The lowest BCUT2D eigenvalue weighted by molar-refractivity contribution is -0.121. The fraction of sp³-hybridized carbons (Fsp3) is 0.250. The van der Waals surface area contributed by atoms with Crippen molar-refractivity contribution >= 4 is 11.7 Å². The van der Waals surface area contributed by atoms with Gasteiger partial charge >= 0.3 is 0 Å². The van der Waals surface area contributed by atoms with E-state index in [2.05, 4.69) is 5.32 Å². The van der Waals surface area contributed by atoms with Gasteiger partial charge in [0.15, 0.2) is 11.5 Å². The van der Waals surface area contributed by atoms with Gasteiger partial charge in [-0.3, -0.25) is 14.4 Å². The fourth-order valence-electron chi connectivity index (χ4n) is 4.42. The number of carbonyl (C=O) groups is 2. The molecule has 1 saturated carbocycles. The monoisotopic (exact) mass is 526 g/mol. The van der Waals surface area contributed by atoms with E-state index in [9.17, 15) is 37.8 Å². The van der Waals surface area contributed by atoms with Gasteiger partial charge in [0.2, 0.25) is 0 Å². The maximum Gasteiger partial charge on any atom is 0.286 e. The van der Waals surface area contributed by atoms with Crippen LogP contribution in [0.5, 0.6) is 0 Å². The minimum Gasteiger partial charge on any atom is -0.503 e. The van der Waals surface area contributed by atoms with Crippen molar-refractivity contribution in [1.82, 2.24) is 9.88 Å². The number of hydrogen-bond donors (Lipinski definition) is 3. The van der Waals surface area contributed by atoms with E-state index in [4.69, 9.17) is 0 Å². The van der Waals surface area contributed by atoms with Crippen molar-refractivity contribution in [2.75, 3.05) is 0 Å². The molecule has 198 valence electrons. The van der Waals surface area contributed by atoms with E-state index in [1.807, 2.05) is 0 Å². The van der Waals surface area contributed by atoms with Crippen LogP contribution in [0.2, 0.25) is 0 Å². The molecule has 4 rings (SSSR count). The molecule has 0 saturated heterocycles. The Labute approximate surface area is 215 Å². The number of nitrogens with zero attached hydrogens (tertiary/aromatic N) is 1. The van der Waals surface area contributed by atoms with E-state index >= 15 is 0 Å². The van der Waals surface area contributed by atoms with Crippen molar-refractivity contribution in [2.24, 2.45) is 0 Å². The van der Waals surface area contributed by atoms with Crippen LogP contribution in [-0.2, 0) is 17.8 Å². The van der Waals surface area contributed by atoms with Crippen LogP contribution in [0.15, 0.2) is 71.4 Å². The summed E-state index contributed by atoms with van der Waals surface area (Å²) < 4.78 is 43.8. The lowest BCUT2D eigenvalue weighted by Gasteiger charge is -2.16. The molecule has 0 bridgehead atoms. The van der Waals surface area contributed by atoms with Gasteiger partial charge in [-0.1, -0.05) is 24.3 Å². The Bertz CT molecular complexity index is 1450. The van der Waals surface area contributed by atoms with Gasteiger partial charge in [0.1, 0.15) is 17.5 Å². The summed E-state index contributed by atoms with van der Waals surface area (Å²) in [6.07, 6.45) is 2.69. The molecule has 1 aliphatic rings. The first-order valence-electron chi connectivity index (χ1n) is 12.0. The van der Waals surface area contributed by atoms with Crippen LogP contribution in [0.3, 0.4) is 0 Å². The van der Waals surface area contributed by atoms with Gasteiger partial charge in [0.05, 0.1) is 24.3 Å². The molecule has 1 amide bonds. The minimum atomic E-state index is -1.03. The standard InChI is InChI=1S/C28H25F3N2O5/c29-20-6-2-1-5-17(20)11-16-12-18(25(35)13-26(36)27(37)32-23-9-4-10-24(23)34)28(38)33(14-16)15-19-21(30)7-3-8-22(19)31/h1-3,5-8,12-14,23-24,34,36H,4,9-11,15H2,(H,32,37)/t23-,24-/m0/s1. The second-order valence-electron chi connectivity index (χ2n) is 9.14. The Kier molecular flexibility index (Phi) is 8.11. The van der Waals surface area contributed by atoms with Crippen molar-refractivity contribution in [2.45, 2.75) is 44.4 Å². The van der Waals surface area contributed by atoms with Crippen molar-refractivity contribution in [3.63, 3.8) is 0 Å². The predicted molar refractivity (Wildman–Crippen MR) is 132 cm³/mol. The molecule has 3 aromatic rings. The zero-order valence-corrected chi connectivity index (χ0v) is 20.2. The Hall–Kier alpha value is -4.18. The molecular formula is C28H25F3N2O5. The number of allylic oxidation sites excluding steroid dienone is 1. The maximum absolute atomic E-state index is 14.3. The highest BCUT2D eigenvalue weighted by atomic mass is 19.1. The summed E-state index contributed by atoms with van der Waals surface area (Å²) in [5.41, 5.74) is -1.30. The number of aliphatic hydroxyl groups excluding tert-OH is 2. The summed E-state index contributed by atoms with van der Waals surface area (Å²) in [5, 5.41) is 22.5. The maximum atomic E-state index is 14.3. The van der Waals surface area contributed by atoms with E-state index in [1.165, 1.54) is 36.5 Å². The second-order valence-corrected chi connectivity index (χ2v) is 9.14. The average molecular weight is 527 g/mol. The number of hydrogen-bond acceptors (Lipinski definition) is 5. The topological polar surface area (TPSA) is 109 Å². The van der Waals surface area contributed by atoms with Crippen LogP contribution in [-0.4, -0.2) is 38.6 Å². The number of benzene rings is 2. The lowest BCUT2D eigenvalue weighted by Crippen LogP contribution is -2.40. The average Bonchev–Trinajstić information content (AvgIpc) is 3.28. The first-order valence-corrected chi connectivity index (χ1v) is 12.0. The van der Waals surface area contributed by atoms with Crippen LogP contribution in [0.25, 0.3) is 0 Å². The summed E-state index contributed by atoms with van der Waals surface area (Å²) >= 11 is 0. The third kappa shape index (κ3) is 6.03. The van der Waals surface area contributed by atoms with Gasteiger partial charge in [0.25, 0.3) is 11.5 Å². The summed E-state index contributed by atoms with van der Waals surface area (Å²) in [5.74, 6) is -5.32. The van der Waals surface area contributed by atoms with Crippen molar-refractivity contribution < 1.29 is 33.0 Å². The molecule has 2 aromatic carbocycles. The number of rotatable bonds is 8. The molecule has 0 unspecified atom stereocenters. The third-order valence-corrected chi connectivity index (χ3v) is 6.45. The summed E-state index contributed by atoms with van der Waals surface area (Å²) in [4.78, 5) is 38.5. The van der Waals surface area contributed by atoms with Crippen LogP contribution >= 0.6 is 0 Å². The number of ketones is 1.